The summed E-state index contributed by atoms with van der Waals surface area (Å²) in [6.45, 7) is 0. The van der Waals surface area contributed by atoms with Crippen LogP contribution in [0.3, 0.4) is 0 Å². The van der Waals surface area contributed by atoms with Gasteiger partial charge in [-0.1, -0.05) is 23.7 Å². The summed E-state index contributed by atoms with van der Waals surface area (Å²) in [5.41, 5.74) is 2.86. The Kier molecular flexibility index (Phi) is 3.81. The topological polar surface area (TPSA) is 29.9 Å². The summed E-state index contributed by atoms with van der Waals surface area (Å²) >= 11 is 6.14. The molecule has 3 aromatic rings. The third-order valence-corrected chi connectivity index (χ3v) is 3.51. The summed E-state index contributed by atoms with van der Waals surface area (Å²) in [6, 6.07) is 11.1. The molecule has 0 amide bonds. The van der Waals surface area contributed by atoms with Gasteiger partial charge in [0, 0.05) is 30.1 Å². The third-order valence-electron chi connectivity index (χ3n) is 3.24. The molecule has 3 nitrogen and oxygen atoms in total. The van der Waals surface area contributed by atoms with E-state index < -0.39 is 11.6 Å². The Morgan fingerprint density at radius 3 is 2.50 bits per heavy atom. The van der Waals surface area contributed by atoms with Gasteiger partial charge in [-0.3, -0.25) is 4.68 Å². The molecule has 6 heteroatoms. The molecule has 0 saturated heterocycles. The van der Waals surface area contributed by atoms with E-state index in [-0.39, 0.29) is 0 Å². The van der Waals surface area contributed by atoms with Crippen LogP contribution in [0.15, 0.2) is 48.7 Å². The molecule has 3 rings (SSSR count). The van der Waals surface area contributed by atoms with Crippen molar-refractivity contribution in [1.82, 2.24) is 9.78 Å². The summed E-state index contributed by atoms with van der Waals surface area (Å²) in [6.07, 6.45) is 1.58. The van der Waals surface area contributed by atoms with Crippen molar-refractivity contribution >= 4 is 23.0 Å². The third kappa shape index (κ3) is 2.80. The van der Waals surface area contributed by atoms with Crippen LogP contribution >= 0.6 is 11.6 Å². The van der Waals surface area contributed by atoms with E-state index in [2.05, 4.69) is 10.4 Å². The highest BCUT2D eigenvalue weighted by atomic mass is 35.5. The summed E-state index contributed by atoms with van der Waals surface area (Å²) < 4.78 is 27.9. The second-order valence-corrected chi connectivity index (χ2v) is 5.21. The molecular weight excluding hydrogens is 308 g/mol. The Hall–Kier alpha value is -2.40. The zero-order valence-corrected chi connectivity index (χ0v) is 12.4. The van der Waals surface area contributed by atoms with Crippen molar-refractivity contribution < 1.29 is 8.78 Å². The fourth-order valence-corrected chi connectivity index (χ4v) is 2.50. The van der Waals surface area contributed by atoms with Crippen LogP contribution in [0.2, 0.25) is 5.02 Å². The number of halogens is 3. The minimum atomic E-state index is -0.893. The predicted octanol–water partition coefficient (Wildman–Crippen LogP) is 4.76. The molecule has 0 unspecified atom stereocenters. The Labute approximate surface area is 131 Å². The fourth-order valence-electron chi connectivity index (χ4n) is 2.22. The molecule has 1 heterocycles. The van der Waals surface area contributed by atoms with Gasteiger partial charge in [0.2, 0.25) is 0 Å². The average molecular weight is 320 g/mol. The van der Waals surface area contributed by atoms with Crippen LogP contribution in [0, 0.1) is 11.6 Å². The zero-order chi connectivity index (χ0) is 15.7. The highest BCUT2D eigenvalue weighted by Crippen LogP contribution is 2.29. The lowest BCUT2D eigenvalue weighted by Crippen LogP contribution is -1.96. The van der Waals surface area contributed by atoms with Gasteiger partial charge in [0.15, 0.2) is 11.6 Å². The van der Waals surface area contributed by atoms with E-state index in [1.54, 1.807) is 17.9 Å². The molecule has 0 radical (unpaired) electrons. The van der Waals surface area contributed by atoms with Gasteiger partial charge in [-0.15, -0.1) is 0 Å². The van der Waals surface area contributed by atoms with Crippen molar-refractivity contribution in [1.29, 1.82) is 0 Å². The number of nitrogens with one attached hydrogen (secondary N) is 1. The monoisotopic (exact) mass is 319 g/mol. The van der Waals surface area contributed by atoms with E-state index in [9.17, 15) is 8.78 Å². The minimum Gasteiger partial charge on any atom is -0.355 e. The maximum Gasteiger partial charge on any atom is 0.160 e. The Morgan fingerprint density at radius 1 is 1.05 bits per heavy atom. The first-order chi connectivity index (χ1) is 10.5. The number of nitrogens with zero attached hydrogens (tertiary/aromatic N) is 2. The van der Waals surface area contributed by atoms with Crippen molar-refractivity contribution in [2.24, 2.45) is 7.05 Å². The van der Waals surface area contributed by atoms with Crippen molar-refractivity contribution in [3.8, 4) is 11.3 Å². The smallest absolute Gasteiger partial charge is 0.160 e. The Bertz CT molecular complexity index is 811. The highest BCUT2D eigenvalue weighted by molar-refractivity contribution is 6.33. The van der Waals surface area contributed by atoms with E-state index in [0.717, 1.165) is 29.1 Å². The first kappa shape index (κ1) is 14.5. The summed E-state index contributed by atoms with van der Waals surface area (Å²) in [7, 11) is 1.80. The highest BCUT2D eigenvalue weighted by Gasteiger charge is 2.10. The van der Waals surface area contributed by atoms with Crippen LogP contribution in [0.1, 0.15) is 0 Å². The largest absolute Gasteiger partial charge is 0.355 e. The average Bonchev–Trinajstić information content (AvgIpc) is 2.82. The number of benzene rings is 2. The summed E-state index contributed by atoms with van der Waals surface area (Å²) in [5.74, 6) is -1.77. The quantitative estimate of drug-likeness (QED) is 0.754. The van der Waals surface area contributed by atoms with Crippen LogP contribution in [0.4, 0.5) is 20.2 Å². The number of hydrogen-bond donors (Lipinski definition) is 1. The molecule has 0 atom stereocenters. The molecule has 0 aliphatic rings. The number of aromatic nitrogens is 2. The summed E-state index contributed by atoms with van der Waals surface area (Å²) in [5, 5.41) is 7.68. The van der Waals surface area contributed by atoms with Gasteiger partial charge in [-0.2, -0.15) is 5.10 Å². The summed E-state index contributed by atoms with van der Waals surface area (Å²) in [4.78, 5) is 0. The fraction of sp³-hybridized carbons (Fsp3) is 0.0625. The van der Waals surface area contributed by atoms with Crippen LogP contribution in [0.25, 0.3) is 11.3 Å². The van der Waals surface area contributed by atoms with Crippen LogP contribution in [-0.2, 0) is 7.05 Å². The molecule has 0 aliphatic carbocycles. The van der Waals surface area contributed by atoms with E-state index in [0.29, 0.717) is 10.7 Å². The molecule has 0 spiro atoms. The van der Waals surface area contributed by atoms with Gasteiger partial charge in [-0.05, 0) is 24.3 Å². The molecule has 0 bridgehead atoms. The van der Waals surface area contributed by atoms with Gasteiger partial charge in [0.05, 0.1) is 16.9 Å². The van der Waals surface area contributed by atoms with Crippen LogP contribution in [0.5, 0.6) is 0 Å². The van der Waals surface area contributed by atoms with Crippen LogP contribution in [-0.4, -0.2) is 9.78 Å². The first-order valence-corrected chi connectivity index (χ1v) is 6.92. The first-order valence-electron chi connectivity index (χ1n) is 6.54. The van der Waals surface area contributed by atoms with E-state index in [1.165, 1.54) is 6.07 Å². The van der Waals surface area contributed by atoms with Crippen LogP contribution < -0.4 is 5.32 Å². The van der Waals surface area contributed by atoms with Crippen molar-refractivity contribution in [2.75, 3.05) is 5.32 Å². The molecule has 0 saturated carbocycles. The Balaban J connectivity index is 1.93. The minimum absolute atomic E-state index is 0.465. The molecule has 1 N–H and O–H groups in total. The van der Waals surface area contributed by atoms with Gasteiger partial charge in [0.1, 0.15) is 0 Å². The molecular formula is C16H12ClF2N3. The second kappa shape index (κ2) is 5.77. The SMILES string of the molecule is Cn1ncc(Cl)c1-c1cccc(Nc2ccc(F)c(F)c2)c1. The van der Waals surface area contributed by atoms with Gasteiger partial charge in [0.25, 0.3) is 0 Å². The predicted molar refractivity (Wildman–Crippen MR) is 83.3 cm³/mol. The van der Waals surface area contributed by atoms with Gasteiger partial charge in [-0.25, -0.2) is 8.78 Å². The maximum absolute atomic E-state index is 13.2. The Morgan fingerprint density at radius 2 is 1.82 bits per heavy atom. The van der Waals surface area contributed by atoms with Crippen molar-refractivity contribution in [2.45, 2.75) is 0 Å². The normalized spacial score (nSPS) is 10.7. The van der Waals surface area contributed by atoms with Gasteiger partial charge >= 0.3 is 0 Å². The van der Waals surface area contributed by atoms with Crippen molar-refractivity contribution in [3.63, 3.8) is 0 Å². The standard InChI is InChI=1S/C16H12ClF2N3/c1-22-16(13(17)9-20-22)10-3-2-4-11(7-10)21-12-5-6-14(18)15(19)8-12/h2-9,21H,1H3. The lowest BCUT2D eigenvalue weighted by Gasteiger charge is -2.09. The second-order valence-electron chi connectivity index (χ2n) is 4.80. The number of anilines is 2. The molecule has 22 heavy (non-hydrogen) atoms. The maximum atomic E-state index is 13.2. The molecule has 0 aliphatic heterocycles. The van der Waals surface area contributed by atoms with E-state index in [4.69, 9.17) is 11.6 Å². The molecule has 112 valence electrons. The van der Waals surface area contributed by atoms with Gasteiger partial charge < -0.3 is 5.32 Å². The molecule has 2 aromatic carbocycles. The van der Waals surface area contributed by atoms with Crippen molar-refractivity contribution in [3.05, 3.63) is 65.3 Å². The lowest BCUT2D eigenvalue weighted by molar-refractivity contribution is 0.509. The molecule has 0 fully saturated rings. The van der Waals surface area contributed by atoms with E-state index in [1.807, 2.05) is 24.3 Å². The number of hydrogen-bond acceptors (Lipinski definition) is 2. The zero-order valence-electron chi connectivity index (χ0n) is 11.6. The number of rotatable bonds is 3. The molecule has 1 aromatic heterocycles. The van der Waals surface area contributed by atoms with E-state index >= 15 is 0 Å². The lowest BCUT2D eigenvalue weighted by atomic mass is 10.1. The number of aryl methyl sites for hydroxylation is 1.